The van der Waals surface area contributed by atoms with Gasteiger partial charge in [0.2, 0.25) is 5.91 Å². The van der Waals surface area contributed by atoms with Gasteiger partial charge in [-0.3, -0.25) is 9.59 Å². The van der Waals surface area contributed by atoms with E-state index in [0.29, 0.717) is 6.42 Å². The van der Waals surface area contributed by atoms with E-state index in [9.17, 15) is 9.59 Å². The summed E-state index contributed by atoms with van der Waals surface area (Å²) in [6.07, 6.45) is 0.500. The summed E-state index contributed by atoms with van der Waals surface area (Å²) >= 11 is 0. The normalized spacial score (nSPS) is 24.1. The number of carboxylic acids is 1. The third kappa shape index (κ3) is 2.13. The molecule has 4 nitrogen and oxygen atoms in total. The maximum absolute atomic E-state index is 12.1. The molecule has 0 aromatic carbocycles. The second-order valence-electron chi connectivity index (χ2n) is 6.81. The Balaban J connectivity index is 2.62. The van der Waals surface area contributed by atoms with Gasteiger partial charge in [0.1, 0.15) is 0 Å². The largest absolute Gasteiger partial charge is 0.481 e. The second kappa shape index (κ2) is 4.25. The van der Waals surface area contributed by atoms with E-state index >= 15 is 0 Å². The van der Waals surface area contributed by atoms with Gasteiger partial charge in [0.05, 0.1) is 5.41 Å². The highest BCUT2D eigenvalue weighted by Crippen LogP contribution is 2.68. The van der Waals surface area contributed by atoms with Crippen molar-refractivity contribution in [3.05, 3.63) is 0 Å². The first-order valence-corrected chi connectivity index (χ1v) is 6.52. The fraction of sp³-hybridized carbons (Fsp3) is 0.857. The Morgan fingerprint density at radius 3 is 1.94 bits per heavy atom. The van der Waals surface area contributed by atoms with E-state index in [1.54, 1.807) is 6.92 Å². The van der Waals surface area contributed by atoms with Crippen LogP contribution in [0.2, 0.25) is 0 Å². The standard InChI is InChI=1S/C14H25NO3/c1-7-14(6,11(17)18)8-15-10(16)9-12(2,3)13(9,4)5/h9H,7-8H2,1-6H3,(H,15,16)(H,17,18). The number of nitrogens with one attached hydrogen (secondary N) is 1. The van der Waals surface area contributed by atoms with Crippen molar-refractivity contribution in [1.82, 2.24) is 5.32 Å². The third-order valence-electron chi connectivity index (χ3n) is 5.23. The summed E-state index contributed by atoms with van der Waals surface area (Å²) in [5, 5.41) is 12.0. The van der Waals surface area contributed by atoms with Crippen molar-refractivity contribution < 1.29 is 14.7 Å². The van der Waals surface area contributed by atoms with Crippen molar-refractivity contribution in [2.45, 2.75) is 48.0 Å². The van der Waals surface area contributed by atoms with Crippen LogP contribution in [0.15, 0.2) is 0 Å². The average Bonchev–Trinajstić information content (AvgIpc) is 2.65. The smallest absolute Gasteiger partial charge is 0.311 e. The third-order valence-corrected chi connectivity index (χ3v) is 5.23. The molecule has 0 aromatic rings. The van der Waals surface area contributed by atoms with Gasteiger partial charge in [-0.25, -0.2) is 0 Å². The summed E-state index contributed by atoms with van der Waals surface area (Å²) < 4.78 is 0. The highest BCUT2D eigenvalue weighted by atomic mass is 16.4. The lowest BCUT2D eigenvalue weighted by Gasteiger charge is -2.23. The molecule has 0 saturated heterocycles. The molecule has 0 aromatic heterocycles. The van der Waals surface area contributed by atoms with Crippen LogP contribution < -0.4 is 5.32 Å². The number of rotatable bonds is 5. The van der Waals surface area contributed by atoms with E-state index in [4.69, 9.17) is 5.11 Å². The van der Waals surface area contributed by atoms with Crippen molar-refractivity contribution in [1.29, 1.82) is 0 Å². The van der Waals surface area contributed by atoms with Gasteiger partial charge < -0.3 is 10.4 Å². The predicted octanol–water partition coefficient (Wildman–Crippen LogP) is 2.29. The molecule has 1 rings (SSSR count). The molecular formula is C14H25NO3. The van der Waals surface area contributed by atoms with Gasteiger partial charge in [-0.15, -0.1) is 0 Å². The molecule has 104 valence electrons. The van der Waals surface area contributed by atoms with Crippen molar-refractivity contribution in [3.8, 4) is 0 Å². The summed E-state index contributed by atoms with van der Waals surface area (Å²) in [6.45, 7) is 12.0. The number of hydrogen-bond acceptors (Lipinski definition) is 2. The maximum Gasteiger partial charge on any atom is 0.311 e. The van der Waals surface area contributed by atoms with Gasteiger partial charge in [-0.05, 0) is 24.2 Å². The van der Waals surface area contributed by atoms with Gasteiger partial charge in [0.25, 0.3) is 0 Å². The van der Waals surface area contributed by atoms with Crippen molar-refractivity contribution in [2.24, 2.45) is 22.2 Å². The first-order chi connectivity index (χ1) is 8.00. The summed E-state index contributed by atoms with van der Waals surface area (Å²) in [4.78, 5) is 23.3. The van der Waals surface area contributed by atoms with Gasteiger partial charge in [0, 0.05) is 12.5 Å². The lowest BCUT2D eigenvalue weighted by Crippen LogP contribution is -2.41. The van der Waals surface area contributed by atoms with Crippen LogP contribution in [0.25, 0.3) is 0 Å². The second-order valence-corrected chi connectivity index (χ2v) is 6.81. The molecule has 18 heavy (non-hydrogen) atoms. The van der Waals surface area contributed by atoms with Crippen LogP contribution in [0.1, 0.15) is 48.0 Å². The van der Waals surface area contributed by atoms with E-state index < -0.39 is 11.4 Å². The Morgan fingerprint density at radius 1 is 1.22 bits per heavy atom. The number of carbonyl (C=O) groups is 2. The van der Waals surface area contributed by atoms with Crippen molar-refractivity contribution >= 4 is 11.9 Å². The fourth-order valence-electron chi connectivity index (χ4n) is 2.59. The molecule has 2 N–H and O–H groups in total. The molecule has 1 amide bonds. The number of amides is 1. The van der Waals surface area contributed by atoms with E-state index in [-0.39, 0.29) is 29.2 Å². The minimum absolute atomic E-state index is 0.0110. The lowest BCUT2D eigenvalue weighted by molar-refractivity contribution is -0.148. The molecule has 0 bridgehead atoms. The molecule has 1 aliphatic carbocycles. The van der Waals surface area contributed by atoms with Crippen LogP contribution >= 0.6 is 0 Å². The van der Waals surface area contributed by atoms with Gasteiger partial charge in [0.15, 0.2) is 0 Å². The zero-order chi connectivity index (χ0) is 14.4. The summed E-state index contributed by atoms with van der Waals surface area (Å²) in [5.41, 5.74) is -0.898. The lowest BCUT2D eigenvalue weighted by atomic mass is 9.87. The highest BCUT2D eigenvalue weighted by molar-refractivity contribution is 5.85. The first kappa shape index (κ1) is 15.0. The highest BCUT2D eigenvalue weighted by Gasteiger charge is 2.68. The SMILES string of the molecule is CCC(C)(CNC(=O)C1C(C)(C)C1(C)C)C(=O)O. The van der Waals surface area contributed by atoms with E-state index in [0.717, 1.165) is 0 Å². The molecule has 0 spiro atoms. The van der Waals surface area contributed by atoms with E-state index in [1.807, 2.05) is 6.92 Å². The summed E-state index contributed by atoms with van der Waals surface area (Å²) in [5.74, 6) is -0.912. The Morgan fingerprint density at radius 2 is 1.67 bits per heavy atom. The molecule has 1 aliphatic rings. The molecule has 1 atom stereocenters. The van der Waals surface area contributed by atoms with Crippen LogP contribution in [0.3, 0.4) is 0 Å². The van der Waals surface area contributed by atoms with Crippen LogP contribution in [0, 0.1) is 22.2 Å². The quantitative estimate of drug-likeness (QED) is 0.792. The minimum Gasteiger partial charge on any atom is -0.481 e. The zero-order valence-corrected chi connectivity index (χ0v) is 12.3. The van der Waals surface area contributed by atoms with Gasteiger partial charge >= 0.3 is 5.97 Å². The maximum atomic E-state index is 12.1. The zero-order valence-electron chi connectivity index (χ0n) is 12.3. The monoisotopic (exact) mass is 255 g/mol. The van der Waals surface area contributed by atoms with Crippen LogP contribution in [-0.2, 0) is 9.59 Å². The fourth-order valence-corrected chi connectivity index (χ4v) is 2.59. The minimum atomic E-state index is -0.876. The molecule has 0 aliphatic heterocycles. The Labute approximate surface area is 109 Å². The van der Waals surface area contributed by atoms with Gasteiger partial charge in [-0.2, -0.15) is 0 Å². The number of carbonyl (C=O) groups excluding carboxylic acids is 1. The van der Waals surface area contributed by atoms with E-state index in [2.05, 4.69) is 33.0 Å². The molecular weight excluding hydrogens is 230 g/mol. The average molecular weight is 255 g/mol. The Bertz CT molecular complexity index is 359. The summed E-state index contributed by atoms with van der Waals surface area (Å²) in [6, 6.07) is 0. The molecule has 4 heteroatoms. The van der Waals surface area contributed by atoms with Crippen LogP contribution in [0.5, 0.6) is 0 Å². The molecule has 0 radical (unpaired) electrons. The Kier molecular flexibility index (Phi) is 3.54. The van der Waals surface area contributed by atoms with Crippen LogP contribution in [-0.4, -0.2) is 23.5 Å². The molecule has 1 unspecified atom stereocenters. The Hall–Kier alpha value is -1.06. The van der Waals surface area contributed by atoms with Crippen molar-refractivity contribution in [3.63, 3.8) is 0 Å². The number of hydrogen-bond donors (Lipinski definition) is 2. The molecule has 0 heterocycles. The van der Waals surface area contributed by atoms with Gasteiger partial charge in [-0.1, -0.05) is 34.6 Å². The number of carboxylic acid groups (broad SMARTS) is 1. The molecule has 1 saturated carbocycles. The molecule has 1 fully saturated rings. The summed E-state index contributed by atoms with van der Waals surface area (Å²) in [7, 11) is 0. The predicted molar refractivity (Wildman–Crippen MR) is 70.1 cm³/mol. The van der Waals surface area contributed by atoms with Crippen molar-refractivity contribution in [2.75, 3.05) is 6.54 Å². The first-order valence-electron chi connectivity index (χ1n) is 6.52. The van der Waals surface area contributed by atoms with E-state index in [1.165, 1.54) is 0 Å². The topological polar surface area (TPSA) is 66.4 Å². The number of aliphatic carboxylic acids is 1. The van der Waals surface area contributed by atoms with Crippen LogP contribution in [0.4, 0.5) is 0 Å².